The SMILES string of the molecule is CO[C@]1(C(=O)N[C@@H](C)c2ccc(-n3cc(C)nn3)nc2)CC[C@H](c2nc(Nc3cc(C)[nH]n3)cc3cccnc32)CC1. The Labute approximate surface area is 243 Å². The van der Waals surface area contributed by atoms with Crippen LogP contribution in [0.15, 0.2) is 55.0 Å². The Bertz CT molecular complexity index is 1700. The van der Waals surface area contributed by atoms with E-state index in [1.54, 1.807) is 24.2 Å². The van der Waals surface area contributed by atoms with Crippen LogP contribution in [0.4, 0.5) is 11.6 Å². The Balaban J connectivity index is 1.16. The third-order valence-corrected chi connectivity index (χ3v) is 8.02. The molecule has 5 aromatic rings. The van der Waals surface area contributed by atoms with Crippen LogP contribution in [0.3, 0.4) is 0 Å². The molecule has 5 heterocycles. The van der Waals surface area contributed by atoms with Crippen LogP contribution in [0.5, 0.6) is 0 Å². The molecule has 216 valence electrons. The number of fused-ring (bicyclic) bond motifs is 1. The van der Waals surface area contributed by atoms with E-state index in [4.69, 9.17) is 9.72 Å². The fourth-order valence-electron chi connectivity index (χ4n) is 5.61. The van der Waals surface area contributed by atoms with Gasteiger partial charge in [-0.2, -0.15) is 5.10 Å². The van der Waals surface area contributed by atoms with Crippen molar-refractivity contribution >= 4 is 28.4 Å². The second-order valence-electron chi connectivity index (χ2n) is 11.0. The summed E-state index contributed by atoms with van der Waals surface area (Å²) in [5.74, 6) is 2.10. The van der Waals surface area contributed by atoms with Gasteiger partial charge in [0.2, 0.25) is 0 Å². The number of rotatable bonds is 8. The Morgan fingerprint density at radius 1 is 1.14 bits per heavy atom. The second kappa shape index (κ2) is 11.3. The topological polar surface area (TPSA) is 148 Å². The lowest BCUT2D eigenvalue weighted by atomic mass is 9.76. The lowest BCUT2D eigenvalue weighted by molar-refractivity contribution is -0.148. The predicted molar refractivity (Wildman–Crippen MR) is 158 cm³/mol. The summed E-state index contributed by atoms with van der Waals surface area (Å²) in [6.07, 6.45) is 7.99. The minimum Gasteiger partial charge on any atom is -0.368 e. The summed E-state index contributed by atoms with van der Waals surface area (Å²) < 4.78 is 7.55. The molecule has 42 heavy (non-hydrogen) atoms. The van der Waals surface area contributed by atoms with Gasteiger partial charge in [-0.1, -0.05) is 17.3 Å². The van der Waals surface area contributed by atoms with Gasteiger partial charge < -0.3 is 15.4 Å². The molecule has 1 aliphatic carbocycles. The number of hydrogen-bond donors (Lipinski definition) is 3. The molecule has 1 aliphatic rings. The standard InChI is InChI=1S/C30H34N10O2/c1-18-14-25(38-36-18)34-24-15-22-6-5-13-31-27(22)28(35-24)21-9-11-30(42-4,12-10-21)29(41)33-20(3)23-7-8-26(32-16-23)40-17-19(2)37-39-40/h5-8,13-17,20-21H,9-12H2,1-4H3,(H,33,41)(H2,34,35,36,38)/t20-,21-,30+/m0/s1. The molecule has 12 heteroatoms. The van der Waals surface area contributed by atoms with Crippen LogP contribution in [0, 0.1) is 13.8 Å². The molecule has 3 N–H and O–H groups in total. The summed E-state index contributed by atoms with van der Waals surface area (Å²) >= 11 is 0. The van der Waals surface area contributed by atoms with Gasteiger partial charge in [0.15, 0.2) is 11.6 Å². The molecule has 12 nitrogen and oxygen atoms in total. The highest BCUT2D eigenvalue weighted by molar-refractivity contribution is 5.86. The molecule has 0 spiro atoms. The largest absolute Gasteiger partial charge is 0.368 e. The fourth-order valence-corrected chi connectivity index (χ4v) is 5.61. The van der Waals surface area contributed by atoms with Crippen LogP contribution in [0.2, 0.25) is 0 Å². The monoisotopic (exact) mass is 566 g/mol. The molecule has 0 aromatic carbocycles. The van der Waals surface area contributed by atoms with Crippen molar-refractivity contribution in [1.82, 2.24) is 45.5 Å². The normalized spacial score (nSPS) is 19.5. The van der Waals surface area contributed by atoms with Crippen molar-refractivity contribution in [3.63, 3.8) is 0 Å². The molecule has 0 saturated heterocycles. The van der Waals surface area contributed by atoms with Crippen molar-refractivity contribution in [3.8, 4) is 5.82 Å². The molecule has 5 aromatic heterocycles. The molecule has 1 amide bonds. The van der Waals surface area contributed by atoms with Gasteiger partial charge in [0.25, 0.3) is 5.91 Å². The van der Waals surface area contributed by atoms with E-state index in [2.05, 4.69) is 41.1 Å². The number of ether oxygens (including phenoxy) is 1. The third-order valence-electron chi connectivity index (χ3n) is 8.02. The number of aryl methyl sites for hydroxylation is 2. The molecular formula is C30H34N10O2. The van der Waals surface area contributed by atoms with E-state index < -0.39 is 5.60 Å². The van der Waals surface area contributed by atoms with Crippen LogP contribution in [0.25, 0.3) is 16.7 Å². The van der Waals surface area contributed by atoms with Crippen molar-refractivity contribution in [2.24, 2.45) is 0 Å². The smallest absolute Gasteiger partial charge is 0.252 e. The maximum atomic E-state index is 13.6. The van der Waals surface area contributed by atoms with E-state index in [9.17, 15) is 4.79 Å². The first kappa shape index (κ1) is 27.5. The highest BCUT2D eigenvalue weighted by atomic mass is 16.5. The molecular weight excluding hydrogens is 532 g/mol. The lowest BCUT2D eigenvalue weighted by Gasteiger charge is -2.38. The van der Waals surface area contributed by atoms with Gasteiger partial charge in [-0.3, -0.25) is 14.9 Å². The van der Waals surface area contributed by atoms with Crippen LogP contribution in [-0.2, 0) is 9.53 Å². The minimum absolute atomic E-state index is 0.118. The summed E-state index contributed by atoms with van der Waals surface area (Å²) in [7, 11) is 1.62. The number of anilines is 2. The zero-order valence-corrected chi connectivity index (χ0v) is 24.1. The van der Waals surface area contributed by atoms with Gasteiger partial charge in [-0.15, -0.1) is 5.10 Å². The number of aromatic nitrogens is 8. The molecule has 6 rings (SSSR count). The van der Waals surface area contributed by atoms with Crippen LogP contribution >= 0.6 is 0 Å². The number of pyridine rings is 3. The Morgan fingerprint density at radius 3 is 2.64 bits per heavy atom. The molecule has 0 aliphatic heterocycles. The molecule has 0 radical (unpaired) electrons. The van der Waals surface area contributed by atoms with Crippen LogP contribution in [0.1, 0.15) is 67.2 Å². The third kappa shape index (κ3) is 5.45. The van der Waals surface area contributed by atoms with Gasteiger partial charge in [-0.25, -0.2) is 14.6 Å². The number of carbonyl (C=O) groups is 1. The van der Waals surface area contributed by atoms with E-state index in [1.807, 2.05) is 63.4 Å². The number of amides is 1. The summed E-state index contributed by atoms with van der Waals surface area (Å²) in [6, 6.07) is 11.5. The van der Waals surface area contributed by atoms with Gasteiger partial charge in [0, 0.05) is 42.6 Å². The van der Waals surface area contributed by atoms with Crippen molar-refractivity contribution in [3.05, 3.63) is 77.6 Å². The van der Waals surface area contributed by atoms with E-state index >= 15 is 0 Å². The van der Waals surface area contributed by atoms with Gasteiger partial charge in [-0.05, 0) is 70.2 Å². The number of hydrogen-bond acceptors (Lipinski definition) is 9. The van der Waals surface area contributed by atoms with Crippen LogP contribution in [-0.4, -0.2) is 58.8 Å². The van der Waals surface area contributed by atoms with Gasteiger partial charge >= 0.3 is 0 Å². The van der Waals surface area contributed by atoms with E-state index in [-0.39, 0.29) is 17.9 Å². The number of H-pyrrole nitrogens is 1. The number of methoxy groups -OCH3 is 1. The Morgan fingerprint density at radius 2 is 1.98 bits per heavy atom. The first-order valence-electron chi connectivity index (χ1n) is 14.1. The molecule has 0 unspecified atom stereocenters. The maximum absolute atomic E-state index is 13.6. The number of nitrogens with zero attached hydrogens (tertiary/aromatic N) is 7. The van der Waals surface area contributed by atoms with Crippen molar-refractivity contribution in [2.75, 3.05) is 12.4 Å². The molecule has 1 atom stereocenters. The van der Waals surface area contributed by atoms with Crippen molar-refractivity contribution in [1.29, 1.82) is 0 Å². The van der Waals surface area contributed by atoms with Gasteiger partial charge in [0.05, 0.1) is 29.1 Å². The summed E-state index contributed by atoms with van der Waals surface area (Å²) in [5, 5.41) is 22.8. The van der Waals surface area contributed by atoms with Crippen molar-refractivity contribution in [2.45, 2.75) is 64.0 Å². The fraction of sp³-hybridized carbons (Fsp3) is 0.367. The highest BCUT2D eigenvalue weighted by Crippen LogP contribution is 2.41. The lowest BCUT2D eigenvalue weighted by Crippen LogP contribution is -2.50. The van der Waals surface area contributed by atoms with Crippen LogP contribution < -0.4 is 10.6 Å². The first-order chi connectivity index (χ1) is 20.3. The zero-order valence-electron chi connectivity index (χ0n) is 24.1. The zero-order chi connectivity index (χ0) is 29.3. The minimum atomic E-state index is -0.915. The molecule has 1 saturated carbocycles. The molecule has 1 fully saturated rings. The van der Waals surface area contributed by atoms with Gasteiger partial charge in [0.1, 0.15) is 11.4 Å². The number of nitrogens with one attached hydrogen (secondary N) is 3. The number of aromatic amines is 1. The first-order valence-corrected chi connectivity index (χ1v) is 14.1. The molecule has 0 bridgehead atoms. The van der Waals surface area contributed by atoms with E-state index in [0.717, 1.165) is 46.4 Å². The maximum Gasteiger partial charge on any atom is 0.252 e. The highest BCUT2D eigenvalue weighted by Gasteiger charge is 2.43. The second-order valence-corrected chi connectivity index (χ2v) is 11.0. The summed E-state index contributed by atoms with van der Waals surface area (Å²) in [5.41, 5.74) is 3.56. The van der Waals surface area contributed by atoms with Crippen molar-refractivity contribution < 1.29 is 9.53 Å². The average Bonchev–Trinajstić information content (AvgIpc) is 3.64. The van der Waals surface area contributed by atoms with E-state index in [1.165, 1.54) is 0 Å². The number of carbonyl (C=O) groups excluding carboxylic acids is 1. The summed E-state index contributed by atoms with van der Waals surface area (Å²) in [6.45, 7) is 5.78. The van der Waals surface area contributed by atoms with E-state index in [0.29, 0.717) is 30.3 Å². The average molecular weight is 567 g/mol. The predicted octanol–water partition coefficient (Wildman–Crippen LogP) is 4.61. The quantitative estimate of drug-likeness (QED) is 0.245. The summed E-state index contributed by atoms with van der Waals surface area (Å²) in [4.78, 5) is 27.8. The Kier molecular flexibility index (Phi) is 7.38. The Hall–Kier alpha value is -4.71.